The highest BCUT2D eigenvalue weighted by molar-refractivity contribution is 6.33. The van der Waals surface area contributed by atoms with E-state index in [4.69, 9.17) is 11.6 Å². The average molecular weight is 214 g/mol. The molecule has 0 aliphatic heterocycles. The second-order valence-corrected chi connectivity index (χ2v) is 3.42. The molecule has 0 saturated heterocycles. The number of carbonyl (C=O) groups excluding carboxylic acids is 1. The molecule has 0 heterocycles. The predicted octanol–water partition coefficient (Wildman–Crippen LogP) is 2.19. The number of hydrogen-bond acceptors (Lipinski definition) is 3. The Hall–Kier alpha value is -0.710. The van der Waals surface area contributed by atoms with E-state index in [-0.39, 0.29) is 0 Å². The molecule has 13 heavy (non-hydrogen) atoms. The Kier molecular flexibility index (Phi) is 4.83. The van der Waals surface area contributed by atoms with E-state index in [1.807, 2.05) is 0 Å². The first kappa shape index (κ1) is 12.3. The van der Waals surface area contributed by atoms with Crippen molar-refractivity contribution < 1.29 is 18.4 Å². The molecule has 0 aliphatic rings. The van der Waals surface area contributed by atoms with Crippen LogP contribution in [-0.2, 0) is 9.53 Å². The number of hydrogen-bond donors (Lipinski definition) is 0. The van der Waals surface area contributed by atoms with Crippen LogP contribution in [0.3, 0.4) is 0 Å². The highest BCUT2D eigenvalue weighted by Crippen LogP contribution is 2.20. The quantitative estimate of drug-likeness (QED) is 0.408. The van der Waals surface area contributed by atoms with E-state index < -0.39 is 23.4 Å². The molecule has 0 rings (SSSR count). The van der Waals surface area contributed by atoms with Gasteiger partial charge in [-0.1, -0.05) is 16.6 Å². The normalized spacial score (nSPS) is 16.5. The van der Waals surface area contributed by atoms with Crippen LogP contribution in [0.2, 0.25) is 0 Å². The molecule has 0 saturated carbocycles. The summed E-state index contributed by atoms with van der Waals surface area (Å²) in [6.45, 7) is 2.28. The van der Waals surface area contributed by atoms with Gasteiger partial charge in [-0.2, -0.15) is 4.39 Å². The summed E-state index contributed by atoms with van der Waals surface area (Å²) in [5.74, 6) is -2.19. The van der Waals surface area contributed by atoms with Crippen LogP contribution >= 0.6 is 11.6 Å². The maximum atomic E-state index is 12.0. The van der Waals surface area contributed by atoms with Crippen LogP contribution < -0.4 is 0 Å². The lowest BCUT2D eigenvalue weighted by atomic mass is 10.1. The molecule has 0 radical (unpaired) electrons. The fraction of sp³-hybridized carbons (Fsp3) is 0.714. The topological polar surface area (TPSA) is 38.7 Å². The van der Waals surface area contributed by atoms with Crippen molar-refractivity contribution in [3.63, 3.8) is 0 Å². The van der Waals surface area contributed by atoms with Gasteiger partial charge in [-0.3, -0.25) is 4.79 Å². The van der Waals surface area contributed by atoms with Crippen molar-refractivity contribution in [2.45, 2.75) is 25.1 Å². The molecule has 1 unspecified atom stereocenters. The minimum atomic E-state index is -1.39. The molecule has 0 amide bonds. The maximum absolute atomic E-state index is 12.0. The molecule has 0 fully saturated rings. The van der Waals surface area contributed by atoms with E-state index in [0.29, 0.717) is 6.42 Å². The molecular weight excluding hydrogens is 204 g/mol. The van der Waals surface area contributed by atoms with Gasteiger partial charge in [0.15, 0.2) is 6.61 Å². The molecule has 0 aromatic carbocycles. The Balaban J connectivity index is 4.02. The molecule has 6 heteroatoms. The van der Waals surface area contributed by atoms with Crippen LogP contribution in [0.25, 0.3) is 0 Å². The van der Waals surface area contributed by atoms with Crippen molar-refractivity contribution in [2.75, 3.05) is 6.61 Å². The van der Waals surface area contributed by atoms with Gasteiger partial charge in [0.25, 0.3) is 5.97 Å². The van der Waals surface area contributed by atoms with Gasteiger partial charge in [-0.25, -0.2) is 0 Å². The first-order valence-electron chi connectivity index (χ1n) is 3.63. The maximum Gasteiger partial charge on any atom is 0.327 e. The summed E-state index contributed by atoms with van der Waals surface area (Å²) in [6, 6.07) is 0. The minimum Gasteiger partial charge on any atom is -0.455 e. The smallest absolute Gasteiger partial charge is 0.327 e. The van der Waals surface area contributed by atoms with Gasteiger partial charge >= 0.3 is 5.97 Å². The lowest BCUT2D eigenvalue weighted by molar-refractivity contribution is -0.145. The molecule has 76 valence electrons. The summed E-state index contributed by atoms with van der Waals surface area (Å²) >= 11 is 5.67. The van der Waals surface area contributed by atoms with Crippen LogP contribution in [0, 0.1) is 0 Å². The van der Waals surface area contributed by atoms with Crippen LogP contribution in [0.4, 0.5) is 8.87 Å². The van der Waals surface area contributed by atoms with E-state index in [1.54, 1.807) is 12.1 Å². The van der Waals surface area contributed by atoms with E-state index in [0.717, 1.165) is 0 Å². The Morgan fingerprint density at radius 2 is 2.23 bits per heavy atom. The van der Waals surface area contributed by atoms with Gasteiger partial charge in [0.05, 0.1) is 0 Å². The molecule has 0 aromatic rings. The summed E-state index contributed by atoms with van der Waals surface area (Å²) < 4.78 is 27.6. The van der Waals surface area contributed by atoms with Gasteiger partial charge < -0.3 is 4.74 Å². The van der Waals surface area contributed by atoms with Crippen molar-refractivity contribution in [3.05, 3.63) is 0 Å². The molecular formula is C7H10ClF2NO2. The van der Waals surface area contributed by atoms with E-state index in [1.165, 1.54) is 6.92 Å². The summed E-state index contributed by atoms with van der Waals surface area (Å²) in [6.07, 6.45) is 0.335. The number of carbonyl (C=O) groups is 1. The molecule has 0 aliphatic carbocycles. The molecule has 0 aromatic heterocycles. The first-order valence-corrected chi connectivity index (χ1v) is 4.01. The molecule has 0 bridgehead atoms. The zero-order chi connectivity index (χ0) is 10.5. The van der Waals surface area contributed by atoms with Gasteiger partial charge in [-0.15, -0.1) is 11.6 Å². The number of halogens is 3. The third-order valence-electron chi connectivity index (χ3n) is 1.50. The van der Waals surface area contributed by atoms with Crippen LogP contribution in [-0.4, -0.2) is 23.4 Å². The number of alkyl halides is 1. The van der Waals surface area contributed by atoms with Crippen LogP contribution in [0.15, 0.2) is 5.21 Å². The number of nitrogens with zero attached hydrogens (tertiary/aromatic N) is 1. The number of rotatable bonds is 4. The number of ether oxygens (including phenoxy) is 1. The molecule has 1 atom stereocenters. The van der Waals surface area contributed by atoms with Gasteiger partial charge in [0.2, 0.25) is 0 Å². The molecule has 3 nitrogen and oxygen atoms in total. The Bertz CT molecular complexity index is 219. The van der Waals surface area contributed by atoms with E-state index in [2.05, 4.69) is 4.74 Å². The van der Waals surface area contributed by atoms with Crippen molar-refractivity contribution in [1.82, 2.24) is 0 Å². The van der Waals surface area contributed by atoms with Crippen LogP contribution in [0.5, 0.6) is 0 Å². The largest absolute Gasteiger partial charge is 0.455 e. The lowest BCUT2D eigenvalue weighted by Crippen LogP contribution is -2.31. The SMILES string of the molecule is CCC(C)(Cl)C(=O)OC/C(F)=N/F. The fourth-order valence-corrected chi connectivity index (χ4v) is 0.499. The fourth-order valence-electron chi connectivity index (χ4n) is 0.444. The average Bonchev–Trinajstić information content (AvgIpc) is 2.13. The second-order valence-electron chi connectivity index (χ2n) is 2.59. The third-order valence-corrected chi connectivity index (χ3v) is 1.93. The Labute approximate surface area is 79.7 Å². The summed E-state index contributed by atoms with van der Waals surface area (Å²) in [4.78, 5) is 9.82. The van der Waals surface area contributed by atoms with Crippen molar-refractivity contribution in [1.29, 1.82) is 0 Å². The van der Waals surface area contributed by atoms with Crippen molar-refractivity contribution in [2.24, 2.45) is 5.21 Å². The van der Waals surface area contributed by atoms with Gasteiger partial charge in [0, 0.05) is 0 Å². The highest BCUT2D eigenvalue weighted by atomic mass is 35.5. The Morgan fingerprint density at radius 1 is 1.69 bits per heavy atom. The lowest BCUT2D eigenvalue weighted by Gasteiger charge is -2.16. The standard InChI is InChI=1S/C7H10ClF2NO2/c1-3-7(2,8)6(12)13-4-5(9)11-10/h3-4H2,1-2H3/b11-5-. The molecule has 0 spiro atoms. The van der Waals surface area contributed by atoms with Crippen LogP contribution in [0.1, 0.15) is 20.3 Å². The summed E-state index contributed by atoms with van der Waals surface area (Å²) in [5, 5.41) is 1.70. The van der Waals surface area contributed by atoms with Crippen molar-refractivity contribution in [3.8, 4) is 0 Å². The van der Waals surface area contributed by atoms with E-state index in [9.17, 15) is 13.7 Å². The zero-order valence-corrected chi connectivity index (χ0v) is 8.07. The summed E-state index contributed by atoms with van der Waals surface area (Å²) in [5.41, 5.74) is 0. The van der Waals surface area contributed by atoms with Gasteiger partial charge in [0.1, 0.15) is 4.87 Å². The molecule has 0 N–H and O–H groups in total. The minimum absolute atomic E-state index is 0.335. The third kappa shape index (κ3) is 4.17. The second kappa shape index (κ2) is 5.11. The zero-order valence-electron chi connectivity index (χ0n) is 7.31. The number of esters is 1. The summed E-state index contributed by atoms with van der Waals surface area (Å²) in [7, 11) is 0. The first-order chi connectivity index (χ1) is 5.94. The van der Waals surface area contributed by atoms with Gasteiger partial charge in [-0.05, 0) is 13.3 Å². The predicted molar refractivity (Wildman–Crippen MR) is 45.2 cm³/mol. The monoisotopic (exact) mass is 213 g/mol. The highest BCUT2D eigenvalue weighted by Gasteiger charge is 2.30. The van der Waals surface area contributed by atoms with Crippen molar-refractivity contribution >= 4 is 23.5 Å². The Morgan fingerprint density at radius 3 is 2.62 bits per heavy atom. The van der Waals surface area contributed by atoms with E-state index >= 15 is 0 Å².